The monoisotopic (exact) mass is 489 g/mol. The summed E-state index contributed by atoms with van der Waals surface area (Å²) in [5.74, 6) is 0.118. The van der Waals surface area contributed by atoms with Crippen molar-refractivity contribution < 1.29 is 50.5 Å². The first-order valence-corrected chi connectivity index (χ1v) is 9.97. The molecule has 0 aliphatic carbocycles. The second-order valence-electron chi connectivity index (χ2n) is 7.16. The minimum Gasteiger partial charge on any atom is -0.399 e. The molecule has 2 rings (SSSR count). The number of carbonyl (C=O) groups is 1. The van der Waals surface area contributed by atoms with E-state index in [4.69, 9.17) is 15.3 Å². The molecule has 0 radical (unpaired) electrons. The number of Topliss-reactive ketones (excluding diaryl/α,β-unsaturated/α-hetero) is 1. The molecule has 0 fully saturated rings. The van der Waals surface area contributed by atoms with Crippen LogP contribution in [-0.2, 0) is 4.84 Å². The van der Waals surface area contributed by atoms with Gasteiger partial charge in [-0.25, -0.2) is 9.97 Å². The van der Waals surface area contributed by atoms with Crippen molar-refractivity contribution in [3.05, 3.63) is 35.4 Å². The number of nitrogens with one attached hydrogen (secondary N) is 2. The van der Waals surface area contributed by atoms with Crippen LogP contribution in [0.4, 0.5) is 0 Å². The minimum atomic E-state index is -1.55. The predicted octanol–water partition coefficient (Wildman–Crippen LogP) is -3.11. The van der Waals surface area contributed by atoms with Gasteiger partial charge in [-0.1, -0.05) is 5.16 Å². The highest BCUT2D eigenvalue weighted by molar-refractivity contribution is 5.94. The fourth-order valence-electron chi connectivity index (χ4n) is 2.52. The Kier molecular flexibility index (Phi) is 11.9. The average Bonchev–Trinajstić information content (AvgIpc) is 3.52. The molecule has 0 aromatic carbocycles. The Morgan fingerprint density at radius 3 is 1.65 bits per heavy atom. The number of H-pyrrole nitrogens is 2. The summed E-state index contributed by atoms with van der Waals surface area (Å²) in [4.78, 5) is 28.4. The standard InChI is InChI=1S/C10H17N3O5.C9H14N2O5/c1-5(13-18-2)10-11-3-6(12-10)8(16)9(17)7(15)4-14;1-4(13)9-10-2-5(11-9)7(15)8(16)6(14)3-12/h3,7-9,14-17H,4H2,1-2H3,(H,11,12);2,6-8,12,14-16H,3H2,1H3,(H,10,11)/b13-5+;/t7-,8-,9-;6-,7-,8-/m11/s1. The third-order valence-corrected chi connectivity index (χ3v) is 4.54. The molecule has 10 N–H and O–H groups in total. The molecule has 6 atom stereocenters. The average molecular weight is 489 g/mol. The van der Waals surface area contributed by atoms with Crippen LogP contribution in [0, 0.1) is 0 Å². The van der Waals surface area contributed by atoms with E-state index in [0.717, 1.165) is 0 Å². The molecule has 0 aliphatic rings. The van der Waals surface area contributed by atoms with E-state index in [0.29, 0.717) is 11.5 Å². The summed E-state index contributed by atoms with van der Waals surface area (Å²) >= 11 is 0. The summed E-state index contributed by atoms with van der Waals surface area (Å²) < 4.78 is 0. The highest BCUT2D eigenvalue weighted by Crippen LogP contribution is 2.18. The van der Waals surface area contributed by atoms with Crippen molar-refractivity contribution in [3.63, 3.8) is 0 Å². The van der Waals surface area contributed by atoms with Crippen LogP contribution in [0.2, 0.25) is 0 Å². The molecule has 15 heteroatoms. The number of aliphatic hydroxyl groups is 8. The fraction of sp³-hybridized carbons (Fsp3) is 0.579. The number of carbonyl (C=O) groups excluding carboxylic acids is 1. The van der Waals surface area contributed by atoms with Crippen molar-refractivity contribution in [2.75, 3.05) is 20.3 Å². The topological polar surface area (TPSA) is 258 Å². The summed E-state index contributed by atoms with van der Waals surface area (Å²) in [6.07, 6.45) is -6.28. The number of imidazole rings is 2. The number of hydrogen-bond acceptors (Lipinski definition) is 13. The van der Waals surface area contributed by atoms with Crippen molar-refractivity contribution in [1.82, 2.24) is 19.9 Å². The lowest BCUT2D eigenvalue weighted by Crippen LogP contribution is -2.34. The lowest BCUT2D eigenvalue weighted by Gasteiger charge is -2.20. The molecule has 192 valence electrons. The van der Waals surface area contributed by atoms with E-state index < -0.39 is 49.8 Å². The number of aromatic amines is 2. The van der Waals surface area contributed by atoms with E-state index in [2.05, 4.69) is 29.9 Å². The first-order valence-electron chi connectivity index (χ1n) is 9.97. The molecule has 0 saturated heterocycles. The quantitative estimate of drug-likeness (QED) is 0.0854. The molecule has 0 amide bonds. The van der Waals surface area contributed by atoms with Gasteiger partial charge in [0.05, 0.1) is 37.0 Å². The van der Waals surface area contributed by atoms with Gasteiger partial charge in [-0.15, -0.1) is 0 Å². The largest absolute Gasteiger partial charge is 0.399 e. The predicted molar refractivity (Wildman–Crippen MR) is 115 cm³/mol. The van der Waals surface area contributed by atoms with Gasteiger partial charge in [-0.05, 0) is 6.92 Å². The van der Waals surface area contributed by atoms with Crippen molar-refractivity contribution in [1.29, 1.82) is 0 Å². The second kappa shape index (κ2) is 13.8. The zero-order valence-corrected chi connectivity index (χ0v) is 18.8. The molecule has 0 spiro atoms. The Labute approximate surface area is 194 Å². The van der Waals surface area contributed by atoms with Crippen molar-refractivity contribution in [2.45, 2.75) is 50.5 Å². The first kappa shape index (κ1) is 29.3. The smallest absolute Gasteiger partial charge is 0.194 e. The third-order valence-electron chi connectivity index (χ3n) is 4.54. The van der Waals surface area contributed by atoms with Crippen LogP contribution in [0.25, 0.3) is 0 Å². The molecule has 0 bridgehead atoms. The molecule has 0 saturated carbocycles. The number of rotatable bonds is 11. The maximum atomic E-state index is 10.9. The molecular weight excluding hydrogens is 458 g/mol. The van der Waals surface area contributed by atoms with Crippen molar-refractivity contribution >= 4 is 11.5 Å². The van der Waals surface area contributed by atoms with Gasteiger partial charge in [0.2, 0.25) is 0 Å². The molecule has 2 heterocycles. The number of oxime groups is 1. The maximum absolute atomic E-state index is 10.9. The van der Waals surface area contributed by atoms with Gasteiger partial charge in [0, 0.05) is 6.92 Å². The molecule has 34 heavy (non-hydrogen) atoms. The lowest BCUT2D eigenvalue weighted by molar-refractivity contribution is -0.0788. The van der Waals surface area contributed by atoms with Crippen LogP contribution in [0.1, 0.15) is 53.9 Å². The number of aromatic nitrogens is 4. The molecule has 2 aromatic heterocycles. The summed E-state index contributed by atoms with van der Waals surface area (Å²) in [5, 5.41) is 77.5. The van der Waals surface area contributed by atoms with Crippen LogP contribution in [0.3, 0.4) is 0 Å². The highest BCUT2D eigenvalue weighted by Gasteiger charge is 2.28. The summed E-state index contributed by atoms with van der Waals surface area (Å²) in [6.45, 7) is 1.63. The Balaban J connectivity index is 0.000000342. The van der Waals surface area contributed by atoms with E-state index in [9.17, 15) is 30.3 Å². The van der Waals surface area contributed by atoms with Gasteiger partial charge in [0.1, 0.15) is 49.4 Å². The van der Waals surface area contributed by atoms with E-state index in [-0.39, 0.29) is 23.0 Å². The fourth-order valence-corrected chi connectivity index (χ4v) is 2.52. The van der Waals surface area contributed by atoms with E-state index in [1.54, 1.807) is 6.92 Å². The first-order chi connectivity index (χ1) is 16.0. The van der Waals surface area contributed by atoms with Gasteiger partial charge < -0.3 is 55.7 Å². The van der Waals surface area contributed by atoms with Gasteiger partial charge in [-0.2, -0.15) is 0 Å². The van der Waals surface area contributed by atoms with Crippen LogP contribution in [0.15, 0.2) is 17.5 Å². The van der Waals surface area contributed by atoms with Crippen LogP contribution in [-0.4, -0.2) is 117 Å². The van der Waals surface area contributed by atoms with Gasteiger partial charge in [0.15, 0.2) is 17.4 Å². The Hall–Kier alpha value is -2.76. The van der Waals surface area contributed by atoms with Crippen LogP contribution in [0.5, 0.6) is 0 Å². The Bertz CT molecular complexity index is 917. The third kappa shape index (κ3) is 7.93. The van der Waals surface area contributed by atoms with E-state index in [1.165, 1.54) is 26.4 Å². The number of nitrogens with zero attached hydrogens (tertiary/aromatic N) is 3. The normalized spacial score (nSPS) is 17.1. The van der Waals surface area contributed by atoms with Crippen LogP contribution < -0.4 is 0 Å². The van der Waals surface area contributed by atoms with Crippen LogP contribution >= 0.6 is 0 Å². The molecule has 2 aromatic rings. The molecular formula is C19H31N5O10. The summed E-state index contributed by atoms with van der Waals surface area (Å²) in [6, 6.07) is 0. The van der Waals surface area contributed by atoms with Crippen molar-refractivity contribution in [3.8, 4) is 0 Å². The molecule has 15 nitrogen and oxygen atoms in total. The van der Waals surface area contributed by atoms with Gasteiger partial charge in [0.25, 0.3) is 0 Å². The zero-order chi connectivity index (χ0) is 26.0. The highest BCUT2D eigenvalue weighted by atomic mass is 16.6. The zero-order valence-electron chi connectivity index (χ0n) is 18.8. The molecule has 0 aliphatic heterocycles. The Morgan fingerprint density at radius 1 is 0.882 bits per heavy atom. The lowest BCUT2D eigenvalue weighted by atomic mass is 10.1. The minimum absolute atomic E-state index is 0.0553. The van der Waals surface area contributed by atoms with E-state index in [1.807, 2.05) is 0 Å². The van der Waals surface area contributed by atoms with Gasteiger partial charge >= 0.3 is 0 Å². The Morgan fingerprint density at radius 2 is 1.29 bits per heavy atom. The SMILES string of the molecule is CC(=O)c1ncc([C@@H](O)[C@H](O)[C@H](O)CO)[nH]1.CO/N=C(\C)c1ncc([C@@H](O)[C@H](O)[C@H](O)CO)[nH]1. The van der Waals surface area contributed by atoms with Gasteiger partial charge in [-0.3, -0.25) is 4.79 Å². The number of hydrogen-bond donors (Lipinski definition) is 10. The van der Waals surface area contributed by atoms with Crippen molar-refractivity contribution in [2.24, 2.45) is 5.16 Å². The molecule has 0 unspecified atom stereocenters. The maximum Gasteiger partial charge on any atom is 0.194 e. The number of aliphatic hydroxyl groups excluding tert-OH is 8. The second-order valence-corrected chi connectivity index (χ2v) is 7.16. The summed E-state index contributed by atoms with van der Waals surface area (Å²) in [5.41, 5.74) is 0.772. The summed E-state index contributed by atoms with van der Waals surface area (Å²) in [7, 11) is 1.39. The van der Waals surface area contributed by atoms with E-state index >= 15 is 0 Å². The number of ketones is 1.